The topological polar surface area (TPSA) is 45.4 Å². The molecule has 3 nitrogen and oxygen atoms in total. The molecule has 16 heavy (non-hydrogen) atoms. The van der Waals surface area contributed by atoms with E-state index < -0.39 is 8.32 Å². The minimum Gasteiger partial charge on any atom is -0.456 e. The summed E-state index contributed by atoms with van der Waals surface area (Å²) in [5.74, 6) is 0.0916. The molecule has 0 amide bonds. The molecule has 0 spiro atoms. The Bertz CT molecular complexity index is 263. The van der Waals surface area contributed by atoms with Crippen molar-refractivity contribution in [3.63, 3.8) is 0 Å². The smallest absolute Gasteiger partial charge is 0.278 e. The van der Waals surface area contributed by atoms with E-state index >= 15 is 0 Å². The lowest BCUT2D eigenvalue weighted by Crippen LogP contribution is -2.23. The zero-order valence-corrected chi connectivity index (χ0v) is 12.2. The zero-order valence-electron chi connectivity index (χ0n) is 11.2. The summed E-state index contributed by atoms with van der Waals surface area (Å²) in [7, 11) is -1.59. The Morgan fingerprint density at radius 1 is 1.38 bits per heavy atom. The van der Waals surface area contributed by atoms with Gasteiger partial charge in [0, 0.05) is 6.42 Å². The number of hydrogen-bond acceptors (Lipinski definition) is 3. The van der Waals surface area contributed by atoms with Crippen molar-refractivity contribution in [3.05, 3.63) is 0 Å². The molecule has 4 heteroatoms. The summed E-state index contributed by atoms with van der Waals surface area (Å²) in [5.41, 5.74) is 1.02. The number of hydrogen-bond donors (Lipinski definition) is 0. The summed E-state index contributed by atoms with van der Waals surface area (Å²) in [6.45, 7) is 10.5. The molecular formula is C12H24N2OSi. The lowest BCUT2D eigenvalue weighted by molar-refractivity contribution is 0.331. The van der Waals surface area contributed by atoms with Gasteiger partial charge in [-0.25, -0.2) is 0 Å². The fourth-order valence-electron chi connectivity index (χ4n) is 1.29. The standard InChI is InChI=1S/C12H24N2OSi/c1-6-8-11(10-13)9-12(7-2)14-15-16(3,4)5/h11H,6-9H2,1-5H3. The maximum absolute atomic E-state index is 8.99. The van der Waals surface area contributed by atoms with Gasteiger partial charge in [-0.1, -0.05) is 20.3 Å². The Hall–Kier alpha value is -0.823. The molecule has 0 aromatic carbocycles. The fraction of sp³-hybridized carbons (Fsp3) is 0.833. The molecule has 0 rings (SSSR count). The van der Waals surface area contributed by atoms with Crippen LogP contribution in [-0.2, 0) is 4.53 Å². The first-order valence-corrected chi connectivity index (χ1v) is 9.47. The summed E-state index contributed by atoms with van der Waals surface area (Å²) in [5, 5.41) is 13.2. The van der Waals surface area contributed by atoms with Crippen LogP contribution in [0.1, 0.15) is 39.5 Å². The van der Waals surface area contributed by atoms with Crippen LogP contribution >= 0.6 is 0 Å². The van der Waals surface area contributed by atoms with Crippen LogP contribution in [-0.4, -0.2) is 14.0 Å². The largest absolute Gasteiger partial charge is 0.456 e. The first-order chi connectivity index (χ1) is 7.42. The third-order valence-corrected chi connectivity index (χ3v) is 2.80. The van der Waals surface area contributed by atoms with Crippen LogP contribution in [0.25, 0.3) is 0 Å². The maximum atomic E-state index is 8.99. The second-order valence-corrected chi connectivity index (χ2v) is 9.44. The van der Waals surface area contributed by atoms with E-state index in [1.165, 1.54) is 0 Å². The molecule has 0 saturated carbocycles. The molecule has 0 heterocycles. The Morgan fingerprint density at radius 3 is 2.38 bits per heavy atom. The number of nitriles is 1. The highest BCUT2D eigenvalue weighted by Crippen LogP contribution is 2.13. The van der Waals surface area contributed by atoms with Gasteiger partial charge in [0.05, 0.1) is 17.7 Å². The number of nitrogens with zero attached hydrogens (tertiary/aromatic N) is 2. The van der Waals surface area contributed by atoms with Gasteiger partial charge in [-0.2, -0.15) is 5.26 Å². The van der Waals surface area contributed by atoms with E-state index in [4.69, 9.17) is 9.79 Å². The Labute approximate surface area is 101 Å². The van der Waals surface area contributed by atoms with Crippen LogP contribution in [0.2, 0.25) is 19.6 Å². The summed E-state index contributed by atoms with van der Waals surface area (Å²) < 4.78 is 5.52. The molecule has 1 atom stereocenters. The van der Waals surface area contributed by atoms with Gasteiger partial charge >= 0.3 is 0 Å². The third-order valence-electron chi connectivity index (χ3n) is 2.16. The second kappa shape index (κ2) is 7.45. The van der Waals surface area contributed by atoms with Crippen LogP contribution in [0.4, 0.5) is 0 Å². The molecule has 0 aliphatic rings. The summed E-state index contributed by atoms with van der Waals surface area (Å²) >= 11 is 0. The van der Waals surface area contributed by atoms with Crippen molar-refractivity contribution in [1.82, 2.24) is 0 Å². The molecule has 0 bridgehead atoms. The molecule has 0 aromatic rings. The highest BCUT2D eigenvalue weighted by atomic mass is 28.4. The van der Waals surface area contributed by atoms with Gasteiger partial charge in [0.15, 0.2) is 0 Å². The van der Waals surface area contributed by atoms with E-state index in [1.807, 2.05) is 0 Å². The van der Waals surface area contributed by atoms with Crippen LogP contribution < -0.4 is 0 Å². The predicted molar refractivity (Wildman–Crippen MR) is 70.8 cm³/mol. The van der Waals surface area contributed by atoms with Gasteiger partial charge in [-0.05, 0) is 32.5 Å². The van der Waals surface area contributed by atoms with E-state index in [9.17, 15) is 0 Å². The van der Waals surface area contributed by atoms with E-state index in [1.54, 1.807) is 0 Å². The maximum Gasteiger partial charge on any atom is 0.278 e. The Balaban J connectivity index is 4.34. The lowest BCUT2D eigenvalue weighted by Gasteiger charge is -2.15. The van der Waals surface area contributed by atoms with Crippen LogP contribution in [0.15, 0.2) is 5.16 Å². The molecule has 92 valence electrons. The van der Waals surface area contributed by atoms with Gasteiger partial charge in [0.2, 0.25) is 0 Å². The van der Waals surface area contributed by atoms with Gasteiger partial charge in [-0.15, -0.1) is 5.16 Å². The van der Waals surface area contributed by atoms with E-state index in [0.29, 0.717) is 0 Å². The summed E-state index contributed by atoms with van der Waals surface area (Å²) in [4.78, 5) is 0. The monoisotopic (exact) mass is 240 g/mol. The Kier molecular flexibility index (Phi) is 7.07. The third kappa shape index (κ3) is 7.47. The first-order valence-electron chi connectivity index (χ1n) is 6.06. The average Bonchev–Trinajstić information content (AvgIpc) is 2.21. The molecule has 0 fully saturated rings. The van der Waals surface area contributed by atoms with Crippen LogP contribution in [0.5, 0.6) is 0 Å². The fourth-order valence-corrected chi connectivity index (χ4v) is 1.70. The number of oxime groups is 1. The molecule has 0 N–H and O–H groups in total. The van der Waals surface area contributed by atoms with Crippen LogP contribution in [0, 0.1) is 17.2 Å². The molecule has 0 aliphatic carbocycles. The van der Waals surface area contributed by atoms with Gasteiger partial charge in [0.1, 0.15) is 0 Å². The van der Waals surface area contributed by atoms with Crippen molar-refractivity contribution in [2.75, 3.05) is 0 Å². The van der Waals surface area contributed by atoms with Gasteiger partial charge < -0.3 is 4.53 Å². The highest BCUT2D eigenvalue weighted by Gasteiger charge is 2.17. The minimum atomic E-state index is -1.59. The molecule has 0 aliphatic heterocycles. The van der Waals surface area contributed by atoms with Crippen molar-refractivity contribution < 1.29 is 4.53 Å². The molecule has 0 aromatic heterocycles. The van der Waals surface area contributed by atoms with E-state index in [2.05, 4.69) is 44.7 Å². The lowest BCUT2D eigenvalue weighted by atomic mass is 9.98. The second-order valence-electron chi connectivity index (χ2n) is 5.03. The van der Waals surface area contributed by atoms with Gasteiger partial charge in [-0.3, -0.25) is 0 Å². The normalized spacial score (nSPS) is 14.4. The van der Waals surface area contributed by atoms with Crippen molar-refractivity contribution in [1.29, 1.82) is 5.26 Å². The predicted octanol–water partition coefficient (Wildman–Crippen LogP) is 3.93. The summed E-state index contributed by atoms with van der Waals surface area (Å²) in [6, 6.07) is 2.34. The zero-order chi connectivity index (χ0) is 12.6. The van der Waals surface area contributed by atoms with Crippen LogP contribution in [0.3, 0.4) is 0 Å². The van der Waals surface area contributed by atoms with E-state index in [0.717, 1.165) is 31.4 Å². The first kappa shape index (κ1) is 15.2. The molecule has 1 unspecified atom stereocenters. The molecule has 0 radical (unpaired) electrons. The average molecular weight is 240 g/mol. The van der Waals surface area contributed by atoms with Gasteiger partial charge in [0.25, 0.3) is 8.32 Å². The summed E-state index contributed by atoms with van der Waals surface area (Å²) in [6.07, 6.45) is 3.62. The van der Waals surface area contributed by atoms with E-state index in [-0.39, 0.29) is 5.92 Å². The van der Waals surface area contributed by atoms with Crippen molar-refractivity contribution in [2.45, 2.75) is 59.2 Å². The molecular weight excluding hydrogens is 216 g/mol. The Morgan fingerprint density at radius 2 is 2.00 bits per heavy atom. The highest BCUT2D eigenvalue weighted by molar-refractivity contribution is 6.69. The van der Waals surface area contributed by atoms with Crippen molar-refractivity contribution in [3.8, 4) is 6.07 Å². The number of rotatable bonds is 7. The minimum absolute atomic E-state index is 0.0916. The van der Waals surface area contributed by atoms with Crippen molar-refractivity contribution in [2.24, 2.45) is 11.1 Å². The van der Waals surface area contributed by atoms with Crippen molar-refractivity contribution >= 4 is 14.0 Å². The quantitative estimate of drug-likeness (QED) is 0.384. The molecule has 0 saturated heterocycles. The SMILES string of the molecule is CCCC(C#N)CC(CC)=NO[Si](C)(C)C.